The van der Waals surface area contributed by atoms with Gasteiger partial charge in [-0.15, -0.1) is 0 Å². The van der Waals surface area contributed by atoms with Crippen molar-refractivity contribution in [2.45, 2.75) is 52.0 Å². The van der Waals surface area contributed by atoms with E-state index in [1.165, 1.54) is 38.0 Å². The maximum absolute atomic E-state index is 12.2. The molecule has 0 spiro atoms. The predicted octanol–water partition coefficient (Wildman–Crippen LogP) is 1.67. The molecular weight excluding hydrogens is 362 g/mol. The number of carbonyl (C=O) groups excluding carboxylic acids is 1. The second-order valence-electron chi connectivity index (χ2n) is 7.45. The highest BCUT2D eigenvalue weighted by atomic mass is 16.3. The molecule has 0 saturated carbocycles. The number of piperidine rings is 1. The van der Waals surface area contributed by atoms with Crippen molar-refractivity contribution in [1.29, 1.82) is 0 Å². The SMILES string of the molecule is CC(C)=CCCN1CCC(CNC(=O)[C@@H]2CCCN2C)CC1.O=CO.O=CO. The first-order valence-corrected chi connectivity index (χ1v) is 9.88. The van der Waals surface area contributed by atoms with E-state index in [-0.39, 0.29) is 24.9 Å². The highest BCUT2D eigenvalue weighted by molar-refractivity contribution is 5.81. The number of likely N-dealkylation sites (tertiary alicyclic amines) is 2. The molecule has 2 rings (SSSR count). The summed E-state index contributed by atoms with van der Waals surface area (Å²) < 4.78 is 0. The molecule has 2 aliphatic heterocycles. The molecule has 0 aromatic heterocycles. The van der Waals surface area contributed by atoms with Crippen LogP contribution in [0.3, 0.4) is 0 Å². The second kappa shape index (κ2) is 16.1. The van der Waals surface area contributed by atoms with Crippen molar-refractivity contribution in [1.82, 2.24) is 15.1 Å². The molecule has 2 fully saturated rings. The third-order valence-corrected chi connectivity index (χ3v) is 5.09. The molecule has 2 saturated heterocycles. The normalized spacial score (nSPS) is 20.0. The Morgan fingerprint density at radius 3 is 2.11 bits per heavy atom. The number of nitrogens with zero attached hydrogens (tertiary/aromatic N) is 2. The van der Waals surface area contributed by atoms with E-state index in [2.05, 4.69) is 42.1 Å². The summed E-state index contributed by atoms with van der Waals surface area (Å²) in [5.41, 5.74) is 1.41. The van der Waals surface area contributed by atoms with Crippen LogP contribution < -0.4 is 5.32 Å². The van der Waals surface area contributed by atoms with Crippen LogP contribution in [0, 0.1) is 5.92 Å². The summed E-state index contributed by atoms with van der Waals surface area (Å²) in [6, 6.07) is 0.115. The van der Waals surface area contributed by atoms with Gasteiger partial charge in [-0.05, 0) is 78.6 Å². The zero-order valence-electron chi connectivity index (χ0n) is 17.5. The summed E-state index contributed by atoms with van der Waals surface area (Å²) in [4.78, 5) is 33.7. The maximum atomic E-state index is 12.2. The number of likely N-dealkylation sites (N-methyl/N-ethyl adjacent to an activating group) is 1. The third-order valence-electron chi connectivity index (χ3n) is 5.09. The van der Waals surface area contributed by atoms with Gasteiger partial charge in [-0.2, -0.15) is 0 Å². The molecule has 0 aromatic carbocycles. The van der Waals surface area contributed by atoms with E-state index in [1.54, 1.807) is 0 Å². The van der Waals surface area contributed by atoms with Gasteiger partial charge in [0, 0.05) is 13.1 Å². The van der Waals surface area contributed by atoms with E-state index in [0.717, 1.165) is 32.4 Å². The van der Waals surface area contributed by atoms with Gasteiger partial charge in [0.05, 0.1) is 6.04 Å². The van der Waals surface area contributed by atoms with Crippen LogP contribution in [0.2, 0.25) is 0 Å². The first kappa shape index (κ1) is 26.1. The van der Waals surface area contributed by atoms with E-state index in [9.17, 15) is 4.79 Å². The molecule has 0 bridgehead atoms. The predicted molar refractivity (Wildman–Crippen MR) is 109 cm³/mol. The summed E-state index contributed by atoms with van der Waals surface area (Å²) >= 11 is 0. The molecule has 1 atom stereocenters. The minimum Gasteiger partial charge on any atom is -0.483 e. The minimum absolute atomic E-state index is 0.115. The monoisotopic (exact) mass is 399 g/mol. The average Bonchev–Trinajstić information content (AvgIpc) is 3.08. The first-order valence-electron chi connectivity index (χ1n) is 9.88. The third kappa shape index (κ3) is 11.7. The quantitative estimate of drug-likeness (QED) is 0.460. The van der Waals surface area contributed by atoms with Gasteiger partial charge in [0.1, 0.15) is 0 Å². The van der Waals surface area contributed by atoms with Crippen LogP contribution >= 0.6 is 0 Å². The molecule has 2 aliphatic rings. The molecule has 0 unspecified atom stereocenters. The molecule has 3 N–H and O–H groups in total. The van der Waals surface area contributed by atoms with Crippen molar-refractivity contribution in [2.75, 3.05) is 39.8 Å². The van der Waals surface area contributed by atoms with Crippen LogP contribution in [0.4, 0.5) is 0 Å². The van der Waals surface area contributed by atoms with Crippen molar-refractivity contribution in [3.05, 3.63) is 11.6 Å². The summed E-state index contributed by atoms with van der Waals surface area (Å²) in [5.74, 6) is 0.904. The van der Waals surface area contributed by atoms with Crippen molar-refractivity contribution in [3.63, 3.8) is 0 Å². The lowest BCUT2D eigenvalue weighted by Gasteiger charge is -2.32. The number of hydrogen-bond donors (Lipinski definition) is 3. The van der Waals surface area contributed by atoms with E-state index < -0.39 is 0 Å². The number of allylic oxidation sites excluding steroid dienone is 1. The van der Waals surface area contributed by atoms with Gasteiger partial charge in [-0.3, -0.25) is 19.3 Å². The van der Waals surface area contributed by atoms with Crippen LogP contribution in [-0.4, -0.2) is 84.7 Å². The van der Waals surface area contributed by atoms with Crippen LogP contribution in [0.25, 0.3) is 0 Å². The van der Waals surface area contributed by atoms with Gasteiger partial charge < -0.3 is 20.4 Å². The largest absolute Gasteiger partial charge is 0.483 e. The first-order chi connectivity index (χ1) is 13.4. The van der Waals surface area contributed by atoms with Gasteiger partial charge in [0.15, 0.2) is 0 Å². The number of rotatable bonds is 6. The molecule has 2 heterocycles. The lowest BCUT2D eigenvalue weighted by molar-refractivity contribution is -0.125. The average molecular weight is 400 g/mol. The molecular formula is C20H37N3O5. The van der Waals surface area contributed by atoms with Gasteiger partial charge >= 0.3 is 0 Å². The van der Waals surface area contributed by atoms with Gasteiger partial charge in [-0.1, -0.05) is 11.6 Å². The Morgan fingerprint density at radius 2 is 1.64 bits per heavy atom. The van der Waals surface area contributed by atoms with Crippen molar-refractivity contribution >= 4 is 18.9 Å². The molecule has 8 heteroatoms. The van der Waals surface area contributed by atoms with Crippen molar-refractivity contribution in [3.8, 4) is 0 Å². The fourth-order valence-corrected chi connectivity index (χ4v) is 3.55. The van der Waals surface area contributed by atoms with Crippen LogP contribution in [-0.2, 0) is 14.4 Å². The van der Waals surface area contributed by atoms with Crippen molar-refractivity contribution < 1.29 is 24.6 Å². The van der Waals surface area contributed by atoms with Gasteiger partial charge in [0.25, 0.3) is 12.9 Å². The Labute approximate surface area is 168 Å². The van der Waals surface area contributed by atoms with E-state index in [4.69, 9.17) is 19.8 Å². The maximum Gasteiger partial charge on any atom is 0.290 e. The molecule has 162 valence electrons. The second-order valence-corrected chi connectivity index (χ2v) is 7.45. The fraction of sp³-hybridized carbons (Fsp3) is 0.750. The highest BCUT2D eigenvalue weighted by Gasteiger charge is 2.28. The lowest BCUT2D eigenvalue weighted by atomic mass is 9.96. The Bertz CT molecular complexity index is 466. The number of carbonyl (C=O) groups is 3. The minimum atomic E-state index is -0.250. The number of amides is 1. The summed E-state index contributed by atoms with van der Waals surface area (Å²) in [5, 5.41) is 17.0. The Hall–Kier alpha value is -1.93. The van der Waals surface area contributed by atoms with Crippen LogP contribution in [0.5, 0.6) is 0 Å². The van der Waals surface area contributed by atoms with Gasteiger partial charge in [0.2, 0.25) is 5.91 Å². The highest BCUT2D eigenvalue weighted by Crippen LogP contribution is 2.18. The van der Waals surface area contributed by atoms with E-state index >= 15 is 0 Å². The standard InChI is InChI=1S/C18H33N3O.2CH2O2/c1-15(2)6-4-11-21-12-8-16(9-13-21)14-19-18(22)17-7-5-10-20(17)3;2*2-1-3/h6,16-17H,4-5,7-14H2,1-3H3,(H,19,22);2*1H,(H,2,3)/t17-;;/m0../s1. The Balaban J connectivity index is 0.00000108. The zero-order valence-corrected chi connectivity index (χ0v) is 17.5. The number of carboxylic acid groups (broad SMARTS) is 2. The topological polar surface area (TPSA) is 110 Å². The summed E-state index contributed by atoms with van der Waals surface area (Å²) in [6.07, 6.45) is 8.09. The molecule has 8 nitrogen and oxygen atoms in total. The molecule has 0 aliphatic carbocycles. The smallest absolute Gasteiger partial charge is 0.290 e. The summed E-state index contributed by atoms with van der Waals surface area (Å²) in [7, 11) is 2.06. The van der Waals surface area contributed by atoms with Crippen LogP contribution in [0.15, 0.2) is 11.6 Å². The fourth-order valence-electron chi connectivity index (χ4n) is 3.55. The molecule has 28 heavy (non-hydrogen) atoms. The Morgan fingerprint density at radius 1 is 1.07 bits per heavy atom. The number of hydrogen-bond acceptors (Lipinski definition) is 5. The summed E-state index contributed by atoms with van der Waals surface area (Å²) in [6.45, 7) is 9.29. The number of nitrogens with one attached hydrogen (secondary N) is 1. The Kier molecular flexibility index (Phi) is 15.0. The zero-order chi connectivity index (χ0) is 21.4. The molecule has 0 aromatic rings. The van der Waals surface area contributed by atoms with E-state index in [1.807, 2.05) is 0 Å². The van der Waals surface area contributed by atoms with E-state index in [0.29, 0.717) is 5.92 Å². The van der Waals surface area contributed by atoms with Crippen molar-refractivity contribution in [2.24, 2.45) is 5.92 Å². The molecule has 1 amide bonds. The molecule has 0 radical (unpaired) electrons. The van der Waals surface area contributed by atoms with Crippen LogP contribution in [0.1, 0.15) is 46.0 Å². The van der Waals surface area contributed by atoms with Gasteiger partial charge in [-0.25, -0.2) is 0 Å². The lowest BCUT2D eigenvalue weighted by Crippen LogP contribution is -2.44.